The van der Waals surface area contributed by atoms with Gasteiger partial charge in [0.2, 0.25) is 5.79 Å². The van der Waals surface area contributed by atoms with Crippen LogP contribution in [0.15, 0.2) is 11.6 Å². The summed E-state index contributed by atoms with van der Waals surface area (Å²) in [6.07, 6.45) is -40.5. The average Bonchev–Trinajstić information content (AvgIpc) is 1.79. The molecule has 9 rings (SSSR count). The second-order valence-electron chi connectivity index (χ2n) is 27.6. The van der Waals surface area contributed by atoms with Gasteiger partial charge < -0.3 is 119 Å². The third-order valence-corrected chi connectivity index (χ3v) is 22.1. The van der Waals surface area contributed by atoms with E-state index in [1.807, 2.05) is 27.7 Å². The molecule has 0 aromatic rings. The van der Waals surface area contributed by atoms with Gasteiger partial charge >= 0.3 is 10.4 Å². The molecule has 34 atom stereocenters. The smallest absolute Gasteiger partial charge is 0.394 e. The molecule has 8 fully saturated rings. The Balaban J connectivity index is 1.01. The van der Waals surface area contributed by atoms with E-state index in [2.05, 4.69) is 13.0 Å². The topological polar surface area (TPSA) is 456 Å². The molecule has 0 spiro atoms. The van der Waals surface area contributed by atoms with Gasteiger partial charge in [0.05, 0.1) is 42.7 Å². The number of rotatable bonds is 18. The lowest BCUT2D eigenvalue weighted by atomic mass is 9.47. The van der Waals surface area contributed by atoms with Gasteiger partial charge in [-0.15, -0.1) is 0 Å². The number of allylic oxidation sites excluding steroid dienone is 2. The van der Waals surface area contributed by atoms with Gasteiger partial charge in [0.15, 0.2) is 31.5 Å². The molecule has 0 radical (unpaired) electrons. The van der Waals surface area contributed by atoms with Gasteiger partial charge in [-0.25, -0.2) is 4.18 Å². The van der Waals surface area contributed by atoms with Crippen molar-refractivity contribution in [2.75, 3.05) is 6.61 Å². The highest BCUT2D eigenvalue weighted by molar-refractivity contribution is 7.80. The predicted octanol–water partition coefficient (Wildman–Crippen LogP) is -2.72. The minimum atomic E-state index is -4.93. The highest BCUT2D eigenvalue weighted by Crippen LogP contribution is 2.67. The SMILES string of the molecule is CC(C)C(C)C(=O)CC(C)(O)C1CCC2C3CC(OC4OC(C)C(O)(O)C(OC5OC(C)C(OC6OC(CO)C(O)C(O)C6OC6OC(C)C(O)C(O)C6O)C(O)C5OC5OC(C)C(O)C(O)C5O)C4O)C4CC(OS(=O)(=O)O)CCC4(C)C3=CCC21C. The molecule has 5 saturated heterocycles. The molecule has 0 bridgehead atoms. The number of Topliss-reactive ketones (excluding diaryl/α,β-unsaturated/α-hetero) is 1. The molecule has 34 unspecified atom stereocenters. The van der Waals surface area contributed by atoms with Crippen molar-refractivity contribution < 1.29 is 141 Å². The van der Waals surface area contributed by atoms with Crippen LogP contribution in [0.2, 0.25) is 0 Å². The van der Waals surface area contributed by atoms with E-state index in [4.69, 9.17) is 51.6 Å². The zero-order valence-corrected chi connectivity index (χ0v) is 52.1. The van der Waals surface area contributed by atoms with Crippen molar-refractivity contribution in [2.45, 2.75) is 292 Å². The zero-order chi connectivity index (χ0) is 65.0. The van der Waals surface area contributed by atoms with E-state index in [-0.39, 0.29) is 61.1 Å². The van der Waals surface area contributed by atoms with Crippen LogP contribution in [0.1, 0.15) is 121 Å². The van der Waals surface area contributed by atoms with Gasteiger partial charge in [-0.05, 0) is 120 Å². The van der Waals surface area contributed by atoms with Crippen LogP contribution in [0.25, 0.3) is 0 Å². The van der Waals surface area contributed by atoms with Gasteiger partial charge in [-0.2, -0.15) is 8.42 Å². The van der Waals surface area contributed by atoms with Gasteiger partial charge in [0.25, 0.3) is 0 Å². The zero-order valence-electron chi connectivity index (χ0n) is 51.2. The molecule has 88 heavy (non-hydrogen) atoms. The first-order chi connectivity index (χ1) is 40.9. The molecule has 15 N–H and O–H groups in total. The number of fused-ring (bicyclic) bond motifs is 5. The van der Waals surface area contributed by atoms with E-state index in [9.17, 15) is 89.3 Å². The van der Waals surface area contributed by atoms with Crippen molar-refractivity contribution in [1.29, 1.82) is 0 Å². The van der Waals surface area contributed by atoms with Crippen molar-refractivity contribution in [3.05, 3.63) is 11.6 Å². The second-order valence-corrected chi connectivity index (χ2v) is 28.7. The number of aliphatic hydroxyl groups excluding tert-OH is 11. The van der Waals surface area contributed by atoms with Crippen molar-refractivity contribution in [1.82, 2.24) is 0 Å². The predicted molar refractivity (Wildman–Crippen MR) is 296 cm³/mol. The van der Waals surface area contributed by atoms with Gasteiger partial charge in [-0.1, -0.05) is 46.3 Å². The number of carbonyl (C=O) groups is 1. The summed E-state index contributed by atoms with van der Waals surface area (Å²) in [5.74, 6) is -4.52. The molecule has 4 aliphatic carbocycles. The molecule has 5 aliphatic heterocycles. The molecular formula is C58H96O29S. The van der Waals surface area contributed by atoms with Gasteiger partial charge in [0, 0.05) is 12.3 Å². The lowest BCUT2D eigenvalue weighted by molar-refractivity contribution is -0.432. The maximum absolute atomic E-state index is 13.6. The summed E-state index contributed by atoms with van der Waals surface area (Å²) < 4.78 is 101. The third-order valence-electron chi connectivity index (χ3n) is 21.6. The molecular weight excluding hydrogens is 1190 g/mol. The Morgan fingerprint density at radius 2 is 1.19 bits per heavy atom. The average molecular weight is 1290 g/mol. The minimum Gasteiger partial charge on any atom is -0.394 e. The van der Waals surface area contributed by atoms with Crippen LogP contribution in [0.4, 0.5) is 0 Å². The Bertz CT molecular complexity index is 2540. The van der Waals surface area contributed by atoms with Crippen molar-refractivity contribution in [3.8, 4) is 0 Å². The Labute approximate surface area is 511 Å². The number of hydrogen-bond donors (Lipinski definition) is 15. The van der Waals surface area contributed by atoms with E-state index in [0.29, 0.717) is 25.7 Å². The van der Waals surface area contributed by atoms with Gasteiger partial charge in [-0.3, -0.25) is 9.35 Å². The summed E-state index contributed by atoms with van der Waals surface area (Å²) in [6.45, 7) is 16.1. The molecule has 508 valence electrons. The molecule has 5 heterocycles. The maximum atomic E-state index is 13.6. The summed E-state index contributed by atoms with van der Waals surface area (Å²) in [7, 11) is -4.93. The first-order valence-electron chi connectivity index (χ1n) is 30.9. The Morgan fingerprint density at radius 1 is 0.648 bits per heavy atom. The normalized spacial score (nSPS) is 50.9. The van der Waals surface area contributed by atoms with Crippen LogP contribution in [-0.4, -0.2) is 268 Å². The quantitative estimate of drug-likeness (QED) is 0.0377. The standard InChI is InChI=1S/C58H96O29S/c1-21(2)22(3)32(60)19-57(10,71)35-12-11-29-28-18-33(31-17-27(87-88(74,75)76)13-15-55(31,8)30(28)14-16-56(29,35)9)81-52-45(70)49(58(72,73)26(7)80-52)86-53-48(85-51-43(68)40(65)37(62)24(5)78-51)44(69)46(25(6)79-53)83-54-47(41(66)38(63)34(20-59)82-54)84-50-42(67)39(64)36(61)23(4)77-50/h14,21-29,31,33-54,59,61-73H,11-13,15-20H2,1-10H3,(H,74,75,76). The summed E-state index contributed by atoms with van der Waals surface area (Å²) in [5.41, 5.74) is -1.47. The highest BCUT2D eigenvalue weighted by atomic mass is 32.3. The van der Waals surface area contributed by atoms with Crippen LogP contribution in [0.5, 0.6) is 0 Å². The van der Waals surface area contributed by atoms with Crippen LogP contribution < -0.4 is 0 Å². The monoisotopic (exact) mass is 1290 g/mol. The molecule has 0 aromatic carbocycles. The summed E-state index contributed by atoms with van der Waals surface area (Å²) in [6, 6.07) is 0. The fourth-order valence-electron chi connectivity index (χ4n) is 16.0. The van der Waals surface area contributed by atoms with E-state index >= 15 is 0 Å². The lowest BCUT2D eigenvalue weighted by Crippen LogP contribution is -2.70. The van der Waals surface area contributed by atoms with Crippen LogP contribution in [-0.2, 0) is 66.7 Å². The Kier molecular flexibility index (Phi) is 21.3. The van der Waals surface area contributed by atoms with E-state index in [0.717, 1.165) is 5.57 Å². The lowest BCUT2D eigenvalue weighted by Gasteiger charge is -2.60. The van der Waals surface area contributed by atoms with Crippen LogP contribution in [0.3, 0.4) is 0 Å². The van der Waals surface area contributed by atoms with Gasteiger partial charge in [0.1, 0.15) is 103 Å². The first-order valence-corrected chi connectivity index (χ1v) is 32.2. The Hall–Kier alpha value is -1.68. The number of aliphatic hydroxyl groups is 14. The fourth-order valence-corrected chi connectivity index (χ4v) is 16.5. The molecule has 29 nitrogen and oxygen atoms in total. The van der Waals surface area contributed by atoms with E-state index < -0.39 is 205 Å². The fraction of sp³-hybridized carbons (Fsp3) is 0.948. The molecule has 30 heteroatoms. The van der Waals surface area contributed by atoms with E-state index in [1.165, 1.54) is 27.7 Å². The largest absolute Gasteiger partial charge is 0.397 e. The molecule has 3 saturated carbocycles. The third kappa shape index (κ3) is 13.4. The second kappa shape index (κ2) is 26.5. The summed E-state index contributed by atoms with van der Waals surface area (Å²) in [4.78, 5) is 13.6. The Morgan fingerprint density at radius 3 is 1.76 bits per heavy atom. The van der Waals surface area contributed by atoms with Crippen LogP contribution >= 0.6 is 0 Å². The molecule has 0 amide bonds. The molecule has 9 aliphatic rings. The number of carbonyl (C=O) groups excluding carboxylic acids is 1. The van der Waals surface area contributed by atoms with E-state index in [1.54, 1.807) is 6.92 Å². The summed E-state index contributed by atoms with van der Waals surface area (Å²) in [5, 5.41) is 158. The molecule has 0 aromatic heterocycles. The highest BCUT2D eigenvalue weighted by Gasteiger charge is 2.65. The number of hydrogen-bond acceptors (Lipinski definition) is 28. The first kappa shape index (κ1) is 70.6. The number of ketones is 1. The number of ether oxygens (including phenoxy) is 10. The van der Waals surface area contributed by atoms with Crippen molar-refractivity contribution in [3.63, 3.8) is 0 Å². The maximum Gasteiger partial charge on any atom is 0.397 e. The minimum absolute atomic E-state index is 0.0263. The summed E-state index contributed by atoms with van der Waals surface area (Å²) >= 11 is 0. The van der Waals surface area contributed by atoms with Crippen molar-refractivity contribution in [2.24, 2.45) is 46.3 Å². The van der Waals surface area contributed by atoms with Crippen LogP contribution in [0, 0.1) is 46.3 Å². The van der Waals surface area contributed by atoms with Crippen molar-refractivity contribution >= 4 is 16.2 Å².